The molecule has 5 heteroatoms. The molecule has 0 spiro atoms. The van der Waals surface area contributed by atoms with Crippen LogP contribution in [0.1, 0.15) is 130 Å². The van der Waals surface area contributed by atoms with E-state index in [2.05, 4.69) is 20.8 Å². The van der Waals surface area contributed by atoms with Gasteiger partial charge in [0.1, 0.15) is 0 Å². The molecule has 0 amide bonds. The van der Waals surface area contributed by atoms with E-state index in [0.29, 0.717) is 29.6 Å². The van der Waals surface area contributed by atoms with Gasteiger partial charge in [0.15, 0.2) is 5.60 Å². The van der Waals surface area contributed by atoms with Crippen molar-refractivity contribution < 1.29 is 23.4 Å². The summed E-state index contributed by atoms with van der Waals surface area (Å²) >= 11 is 0. The lowest BCUT2D eigenvalue weighted by atomic mass is 9.43. The Morgan fingerprint density at radius 3 is 2.14 bits per heavy atom. The molecule has 5 saturated carbocycles. The first-order chi connectivity index (χ1) is 16.8. The maximum Gasteiger partial charge on any atom is 0.417 e. The molecule has 2 N–H and O–H groups in total. The van der Waals surface area contributed by atoms with Crippen molar-refractivity contribution in [2.24, 2.45) is 46.3 Å². The normalized spacial score (nSPS) is 51.3. The molecule has 5 aliphatic rings. The number of rotatable bonds is 5. The van der Waals surface area contributed by atoms with E-state index in [-0.39, 0.29) is 24.2 Å². The number of fused-ring (bicyclic) bond motifs is 5. The van der Waals surface area contributed by atoms with Gasteiger partial charge in [-0.25, -0.2) is 0 Å². The third-order valence-electron chi connectivity index (χ3n) is 13.3. The molecule has 2 nitrogen and oxygen atoms in total. The second kappa shape index (κ2) is 9.42. The number of halogens is 3. The largest absolute Gasteiger partial charge is 0.417 e. The minimum atomic E-state index is -4.52. The lowest BCUT2D eigenvalue weighted by Gasteiger charge is -2.62. The maximum atomic E-state index is 13.6. The lowest BCUT2D eigenvalue weighted by molar-refractivity contribution is -0.290. The zero-order valence-electron chi connectivity index (χ0n) is 23.0. The summed E-state index contributed by atoms with van der Waals surface area (Å²) < 4.78 is 40.9. The molecule has 0 aliphatic heterocycles. The first-order valence-corrected chi connectivity index (χ1v) is 15.3. The molecule has 0 heterocycles. The third kappa shape index (κ3) is 4.48. The Kier molecular flexibility index (Phi) is 7.14. The first-order valence-electron chi connectivity index (χ1n) is 15.3. The van der Waals surface area contributed by atoms with Crippen molar-refractivity contribution >= 4 is 0 Å². The van der Waals surface area contributed by atoms with Crippen molar-refractivity contribution in [1.82, 2.24) is 0 Å². The van der Waals surface area contributed by atoms with Gasteiger partial charge in [0.25, 0.3) is 0 Å². The highest BCUT2D eigenvalue weighted by Crippen LogP contribution is 2.69. The van der Waals surface area contributed by atoms with E-state index >= 15 is 0 Å². The summed E-state index contributed by atoms with van der Waals surface area (Å²) in [5, 5.41) is 21.6. The van der Waals surface area contributed by atoms with Gasteiger partial charge in [0.2, 0.25) is 0 Å². The van der Waals surface area contributed by atoms with Crippen LogP contribution in [-0.4, -0.2) is 27.6 Å². The average molecular weight is 513 g/mol. The Morgan fingerprint density at radius 2 is 1.47 bits per heavy atom. The number of alkyl halides is 3. The van der Waals surface area contributed by atoms with Crippen molar-refractivity contribution in [1.29, 1.82) is 0 Å². The highest BCUT2D eigenvalue weighted by molar-refractivity contribution is 5.11. The van der Waals surface area contributed by atoms with E-state index in [9.17, 15) is 23.4 Å². The highest BCUT2D eigenvalue weighted by Gasteiger charge is 2.64. The fraction of sp³-hybridized carbons (Fsp3) is 1.00. The highest BCUT2D eigenvalue weighted by atomic mass is 19.4. The quantitative estimate of drug-likeness (QED) is 0.388. The fourth-order valence-corrected chi connectivity index (χ4v) is 10.6. The molecular formula is C31H51F3O2. The molecule has 5 aliphatic carbocycles. The van der Waals surface area contributed by atoms with Crippen LogP contribution in [0.15, 0.2) is 0 Å². The number of hydrogen-bond acceptors (Lipinski definition) is 2. The zero-order valence-corrected chi connectivity index (χ0v) is 23.0. The molecule has 0 aromatic rings. The van der Waals surface area contributed by atoms with Gasteiger partial charge in [-0.1, -0.05) is 33.6 Å². The zero-order chi connectivity index (χ0) is 26.0. The lowest BCUT2D eigenvalue weighted by Crippen LogP contribution is -2.59. The van der Waals surface area contributed by atoms with Crippen molar-refractivity contribution in [2.75, 3.05) is 0 Å². The average Bonchev–Trinajstić information content (AvgIpc) is 3.16. The number of hydrogen-bond donors (Lipinski definition) is 2. The van der Waals surface area contributed by atoms with Crippen molar-refractivity contribution in [2.45, 2.75) is 147 Å². The minimum absolute atomic E-state index is 0.00998. The van der Waals surface area contributed by atoms with E-state index in [1.54, 1.807) is 0 Å². The molecule has 36 heavy (non-hydrogen) atoms. The van der Waals surface area contributed by atoms with Crippen LogP contribution in [0.4, 0.5) is 13.2 Å². The van der Waals surface area contributed by atoms with Gasteiger partial charge >= 0.3 is 6.18 Å². The van der Waals surface area contributed by atoms with Gasteiger partial charge in [0, 0.05) is 0 Å². The van der Waals surface area contributed by atoms with Gasteiger partial charge in [-0.15, -0.1) is 0 Å². The Bertz CT molecular complexity index is 789. The van der Waals surface area contributed by atoms with Crippen molar-refractivity contribution in [3.05, 3.63) is 0 Å². The van der Waals surface area contributed by atoms with Gasteiger partial charge in [-0.05, 0) is 143 Å². The molecule has 8 atom stereocenters. The Morgan fingerprint density at radius 1 is 0.778 bits per heavy atom. The molecule has 0 aromatic carbocycles. The third-order valence-corrected chi connectivity index (χ3v) is 13.3. The topological polar surface area (TPSA) is 40.5 Å². The van der Waals surface area contributed by atoms with Gasteiger partial charge in [0.05, 0.1) is 5.60 Å². The summed E-state index contributed by atoms with van der Waals surface area (Å²) in [6, 6.07) is 0. The molecular weight excluding hydrogens is 461 g/mol. The Labute approximate surface area is 217 Å². The molecule has 0 bridgehead atoms. The smallest absolute Gasteiger partial charge is 0.390 e. The van der Waals surface area contributed by atoms with E-state index in [1.807, 2.05) is 0 Å². The van der Waals surface area contributed by atoms with Crippen molar-refractivity contribution in [3.63, 3.8) is 0 Å². The van der Waals surface area contributed by atoms with Crippen LogP contribution >= 0.6 is 0 Å². The fourth-order valence-electron chi connectivity index (χ4n) is 10.6. The summed E-state index contributed by atoms with van der Waals surface area (Å²) in [6.45, 7) is 7.07. The van der Waals surface area contributed by atoms with Crippen LogP contribution in [0, 0.1) is 46.3 Å². The maximum absolute atomic E-state index is 13.6. The molecule has 208 valence electrons. The van der Waals surface area contributed by atoms with Crippen LogP contribution in [-0.2, 0) is 0 Å². The van der Waals surface area contributed by atoms with Crippen molar-refractivity contribution in [3.8, 4) is 0 Å². The second-order valence-electron chi connectivity index (χ2n) is 14.7. The van der Waals surface area contributed by atoms with E-state index in [1.165, 1.54) is 44.9 Å². The van der Waals surface area contributed by atoms with Crippen LogP contribution in [0.5, 0.6) is 0 Å². The Balaban J connectivity index is 1.20. The summed E-state index contributed by atoms with van der Waals surface area (Å²) in [5.74, 6) is 3.38. The van der Waals surface area contributed by atoms with E-state index < -0.39 is 17.4 Å². The second-order valence-corrected chi connectivity index (χ2v) is 14.7. The summed E-state index contributed by atoms with van der Waals surface area (Å²) in [5.41, 5.74) is -2.62. The van der Waals surface area contributed by atoms with Crippen LogP contribution in [0.3, 0.4) is 0 Å². The Hall–Kier alpha value is -0.290. The van der Waals surface area contributed by atoms with E-state index in [0.717, 1.165) is 56.8 Å². The molecule has 5 fully saturated rings. The van der Waals surface area contributed by atoms with Gasteiger partial charge in [-0.3, -0.25) is 0 Å². The summed E-state index contributed by atoms with van der Waals surface area (Å²) in [6.07, 6.45) is 11.4. The molecule has 0 saturated heterocycles. The number of aliphatic hydroxyl groups is 2. The standard InChI is InChI=1S/C31H51F3O2/c1-4-21-11-16-29(35,17-12-21)14-5-6-22-8-10-25-24-9-7-23-20-30(36,31(32,33)34)19-18-28(23,3)26(24)13-15-27(22,25)2/h21-26,35-36H,4-20H2,1-3H3/t21-,22-,23+,24+,25+,26+,27-,28+,29-,30+/m1/s1. The van der Waals surface area contributed by atoms with Crippen LogP contribution in [0.2, 0.25) is 0 Å². The van der Waals surface area contributed by atoms with Crippen LogP contribution < -0.4 is 0 Å². The predicted molar refractivity (Wildman–Crippen MR) is 137 cm³/mol. The van der Waals surface area contributed by atoms with Gasteiger partial charge < -0.3 is 10.2 Å². The summed E-state index contributed by atoms with van der Waals surface area (Å²) in [4.78, 5) is 0. The molecule has 5 rings (SSSR count). The first kappa shape index (κ1) is 27.3. The molecule has 0 unspecified atom stereocenters. The monoisotopic (exact) mass is 512 g/mol. The van der Waals surface area contributed by atoms with Gasteiger partial charge in [-0.2, -0.15) is 13.2 Å². The molecule has 0 aromatic heterocycles. The SMILES string of the molecule is CC[C@H]1CC[C@@](O)(CCC[C@@H]2CC[C@H]3[C@@H]4CC[C@H]5C[C@](O)(C(F)(F)F)CC[C@]5(C)[C@H]4CC[C@]23C)CC1. The van der Waals surface area contributed by atoms with Crippen LogP contribution in [0.25, 0.3) is 0 Å². The summed E-state index contributed by atoms with van der Waals surface area (Å²) in [7, 11) is 0. The van der Waals surface area contributed by atoms with E-state index in [4.69, 9.17) is 0 Å². The predicted octanol–water partition coefficient (Wildman–Crippen LogP) is 8.44. The molecule has 0 radical (unpaired) electrons. The minimum Gasteiger partial charge on any atom is -0.390 e.